The van der Waals surface area contributed by atoms with Crippen LogP contribution in [0.5, 0.6) is 0 Å². The van der Waals surface area contributed by atoms with Crippen molar-refractivity contribution in [3.8, 4) is 0 Å². The lowest BCUT2D eigenvalue weighted by Crippen LogP contribution is -2.34. The lowest BCUT2D eigenvalue weighted by Gasteiger charge is -2.42. The molecule has 0 spiro atoms. The van der Waals surface area contributed by atoms with Gasteiger partial charge in [0.15, 0.2) is 0 Å². The van der Waals surface area contributed by atoms with Crippen LogP contribution in [0.25, 0.3) is 11.6 Å². The van der Waals surface area contributed by atoms with Crippen LogP contribution in [0.15, 0.2) is 24.5 Å². The van der Waals surface area contributed by atoms with Crippen LogP contribution in [0.4, 0.5) is 0 Å². The van der Waals surface area contributed by atoms with Gasteiger partial charge in [0.2, 0.25) is 0 Å². The van der Waals surface area contributed by atoms with Gasteiger partial charge in [-0.15, -0.1) is 0 Å². The van der Waals surface area contributed by atoms with Crippen molar-refractivity contribution < 1.29 is 8.42 Å². The van der Waals surface area contributed by atoms with Crippen LogP contribution in [0, 0.1) is 6.92 Å². The van der Waals surface area contributed by atoms with E-state index < -0.39 is 10.2 Å². The zero-order valence-electron chi connectivity index (χ0n) is 18.9. The second kappa shape index (κ2) is 7.10. The smallest absolute Gasteiger partial charge is 0.236 e. The summed E-state index contributed by atoms with van der Waals surface area (Å²) in [6.07, 6.45) is 7.20. The maximum absolute atomic E-state index is 12.6. The molecule has 0 saturated heterocycles. The normalized spacial score (nSPS) is 18.7. The Hall–Kier alpha value is -1.92. The van der Waals surface area contributed by atoms with Crippen molar-refractivity contribution in [2.45, 2.75) is 65.2 Å². The molecule has 0 atom stereocenters. The van der Waals surface area contributed by atoms with Crippen LogP contribution in [-0.4, -0.2) is 35.8 Å². The first-order valence-electron chi connectivity index (χ1n) is 10.1. The van der Waals surface area contributed by atoms with E-state index in [-0.39, 0.29) is 10.8 Å². The van der Waals surface area contributed by atoms with Crippen molar-refractivity contribution in [1.82, 2.24) is 13.3 Å². The van der Waals surface area contributed by atoms with Crippen molar-refractivity contribution in [2.75, 3.05) is 14.1 Å². The van der Waals surface area contributed by atoms with Crippen molar-refractivity contribution in [1.29, 1.82) is 0 Å². The average molecular weight is 416 g/mol. The lowest BCUT2D eigenvalue weighted by atomic mass is 9.62. The van der Waals surface area contributed by atoms with E-state index in [4.69, 9.17) is 0 Å². The second-order valence-electron chi connectivity index (χ2n) is 9.68. The summed E-state index contributed by atoms with van der Waals surface area (Å²) >= 11 is 0. The summed E-state index contributed by atoms with van der Waals surface area (Å²) in [5, 5.41) is 0. The van der Waals surface area contributed by atoms with Gasteiger partial charge < -0.3 is 0 Å². The van der Waals surface area contributed by atoms with Crippen LogP contribution in [-0.2, 0) is 21.0 Å². The molecule has 0 amide bonds. The maximum Gasteiger partial charge on any atom is 0.308 e. The fraction of sp³-hybridized carbons (Fsp3) is 0.522. The summed E-state index contributed by atoms with van der Waals surface area (Å²) in [6, 6.07) is 4.64. The number of hydrogen-bond donors (Lipinski definition) is 0. The van der Waals surface area contributed by atoms with Gasteiger partial charge in [-0.1, -0.05) is 39.8 Å². The molecule has 0 aliphatic heterocycles. The molecule has 3 rings (SSSR count). The molecule has 0 bridgehead atoms. The Morgan fingerprint density at radius 2 is 1.66 bits per heavy atom. The predicted molar refractivity (Wildman–Crippen MR) is 120 cm³/mol. The van der Waals surface area contributed by atoms with E-state index in [0.717, 1.165) is 17.6 Å². The van der Waals surface area contributed by atoms with Gasteiger partial charge in [-0.3, -0.25) is 0 Å². The van der Waals surface area contributed by atoms with Crippen molar-refractivity contribution in [3.63, 3.8) is 0 Å². The first-order valence-corrected chi connectivity index (χ1v) is 11.5. The SMILES string of the molecule is CC(=Cc1nccn1S(=O)(=O)N(C)C)c1cc2c(cc1C)C(C)(C)CCC2(C)C. The highest BCUT2D eigenvalue weighted by molar-refractivity contribution is 7.87. The fourth-order valence-electron chi connectivity index (χ4n) is 4.19. The summed E-state index contributed by atoms with van der Waals surface area (Å²) in [4.78, 5) is 4.28. The van der Waals surface area contributed by atoms with Gasteiger partial charge in [0, 0.05) is 26.5 Å². The third-order valence-corrected chi connectivity index (χ3v) is 8.04. The molecule has 0 radical (unpaired) electrons. The van der Waals surface area contributed by atoms with Gasteiger partial charge in [-0.05, 0) is 71.4 Å². The Labute approximate surface area is 175 Å². The minimum absolute atomic E-state index is 0.125. The highest BCUT2D eigenvalue weighted by Gasteiger charge is 2.37. The molecule has 0 N–H and O–H groups in total. The zero-order chi connectivity index (χ0) is 21.8. The summed E-state index contributed by atoms with van der Waals surface area (Å²) in [5.41, 5.74) is 6.47. The third kappa shape index (κ3) is 3.80. The van der Waals surface area contributed by atoms with E-state index in [0.29, 0.717) is 5.82 Å². The molecule has 1 aliphatic rings. The van der Waals surface area contributed by atoms with E-state index in [1.54, 1.807) is 0 Å². The van der Waals surface area contributed by atoms with Gasteiger partial charge in [-0.25, -0.2) is 8.96 Å². The maximum atomic E-state index is 12.6. The Balaban J connectivity index is 2.13. The molecule has 5 nitrogen and oxygen atoms in total. The Kier molecular flexibility index (Phi) is 5.33. The third-order valence-electron chi connectivity index (χ3n) is 6.31. The highest BCUT2D eigenvalue weighted by atomic mass is 32.2. The molecule has 0 unspecified atom stereocenters. The zero-order valence-corrected chi connectivity index (χ0v) is 19.7. The molecule has 0 saturated carbocycles. The van der Waals surface area contributed by atoms with E-state index in [1.165, 1.54) is 57.9 Å². The van der Waals surface area contributed by atoms with Gasteiger partial charge >= 0.3 is 10.2 Å². The quantitative estimate of drug-likeness (QED) is 0.724. The number of allylic oxidation sites excluding steroid dienone is 1. The number of nitrogens with zero attached hydrogens (tertiary/aromatic N) is 3. The summed E-state index contributed by atoms with van der Waals surface area (Å²) in [7, 11) is -0.566. The second-order valence-corrected chi connectivity index (χ2v) is 11.7. The van der Waals surface area contributed by atoms with Crippen LogP contribution < -0.4 is 0 Å². The fourth-order valence-corrected chi connectivity index (χ4v) is 5.09. The lowest BCUT2D eigenvalue weighted by molar-refractivity contribution is 0.331. The first kappa shape index (κ1) is 21.8. The number of imidazole rings is 1. The van der Waals surface area contributed by atoms with Crippen LogP contribution in [0.3, 0.4) is 0 Å². The summed E-state index contributed by atoms with van der Waals surface area (Å²) in [5.74, 6) is 0.410. The van der Waals surface area contributed by atoms with Crippen LogP contribution in [0.2, 0.25) is 0 Å². The number of aromatic nitrogens is 2. The standard InChI is InChI=1S/C23H33N3O2S/c1-16-13-19-20(23(5,6)10-9-22(19,3)4)15-18(16)17(2)14-21-24-11-12-26(21)29(27,28)25(7)8/h11-15H,9-10H2,1-8H3. The monoisotopic (exact) mass is 415 g/mol. The van der Waals surface area contributed by atoms with Gasteiger partial charge in [0.1, 0.15) is 5.82 Å². The van der Waals surface area contributed by atoms with E-state index in [9.17, 15) is 8.42 Å². The van der Waals surface area contributed by atoms with Crippen molar-refractivity contribution in [3.05, 3.63) is 52.6 Å². The number of rotatable bonds is 4. The Morgan fingerprint density at radius 3 is 2.21 bits per heavy atom. The van der Waals surface area contributed by atoms with Crippen LogP contribution >= 0.6 is 0 Å². The molecular formula is C23H33N3O2S. The minimum atomic E-state index is -3.61. The number of fused-ring (bicyclic) bond motifs is 1. The van der Waals surface area contributed by atoms with Gasteiger partial charge in [-0.2, -0.15) is 12.7 Å². The van der Waals surface area contributed by atoms with Gasteiger partial charge in [0.05, 0.1) is 0 Å². The largest absolute Gasteiger partial charge is 0.308 e. The number of aryl methyl sites for hydroxylation is 1. The molecule has 1 heterocycles. The minimum Gasteiger partial charge on any atom is -0.236 e. The molecule has 1 aromatic heterocycles. The predicted octanol–water partition coefficient (Wildman–Crippen LogP) is 4.76. The van der Waals surface area contributed by atoms with Crippen molar-refractivity contribution in [2.24, 2.45) is 0 Å². The van der Waals surface area contributed by atoms with E-state index in [2.05, 4.69) is 51.7 Å². The van der Waals surface area contributed by atoms with E-state index in [1.807, 2.05) is 13.0 Å². The van der Waals surface area contributed by atoms with Crippen LogP contribution in [0.1, 0.15) is 75.5 Å². The topological polar surface area (TPSA) is 55.2 Å². The molecular weight excluding hydrogens is 382 g/mol. The highest BCUT2D eigenvalue weighted by Crippen LogP contribution is 2.47. The molecule has 2 aromatic rings. The Bertz CT molecular complexity index is 1070. The molecule has 1 aromatic carbocycles. The van der Waals surface area contributed by atoms with E-state index >= 15 is 0 Å². The van der Waals surface area contributed by atoms with Crippen molar-refractivity contribution >= 4 is 21.9 Å². The molecule has 0 fully saturated rings. The molecule has 6 heteroatoms. The number of benzene rings is 1. The molecule has 29 heavy (non-hydrogen) atoms. The first-order chi connectivity index (χ1) is 13.3. The van der Waals surface area contributed by atoms with Gasteiger partial charge in [0.25, 0.3) is 0 Å². The average Bonchev–Trinajstić information content (AvgIpc) is 3.07. The Morgan fingerprint density at radius 1 is 1.10 bits per heavy atom. The summed E-state index contributed by atoms with van der Waals surface area (Å²) < 4.78 is 27.5. The molecule has 158 valence electrons. The number of hydrogen-bond acceptors (Lipinski definition) is 3. The molecule has 1 aliphatic carbocycles. The summed E-state index contributed by atoms with van der Waals surface area (Å²) in [6.45, 7) is 13.4.